The van der Waals surface area contributed by atoms with Crippen molar-refractivity contribution in [2.24, 2.45) is 5.92 Å². The van der Waals surface area contributed by atoms with Gasteiger partial charge in [0.05, 0.1) is 0 Å². The summed E-state index contributed by atoms with van der Waals surface area (Å²) < 4.78 is 0. The maximum Gasteiger partial charge on any atom is 0.00670 e. The minimum absolute atomic E-state index is 0.857. The number of hydrogen-bond acceptors (Lipinski definition) is 2. The molecule has 0 aromatic carbocycles. The van der Waals surface area contributed by atoms with Crippen molar-refractivity contribution in [2.75, 3.05) is 26.2 Å². The van der Waals surface area contributed by atoms with E-state index in [-0.39, 0.29) is 0 Å². The second-order valence-electron chi connectivity index (χ2n) is 5.60. The van der Waals surface area contributed by atoms with E-state index in [1.165, 1.54) is 71.1 Å². The molecule has 0 atom stereocenters. The van der Waals surface area contributed by atoms with Gasteiger partial charge in [0.25, 0.3) is 0 Å². The summed E-state index contributed by atoms with van der Waals surface area (Å²) in [4.78, 5) is 2.58. The largest absolute Gasteiger partial charge is 0.314 e. The number of hydrogen-bond donors (Lipinski definition) is 1. The average molecular weight is 224 g/mol. The van der Waals surface area contributed by atoms with Crippen LogP contribution in [-0.2, 0) is 0 Å². The fourth-order valence-corrected chi connectivity index (χ4v) is 3.21. The maximum atomic E-state index is 3.74. The summed E-state index contributed by atoms with van der Waals surface area (Å²) in [7, 11) is 0. The summed E-state index contributed by atoms with van der Waals surface area (Å²) in [6.45, 7) is 7.46. The zero-order valence-corrected chi connectivity index (χ0v) is 10.9. The van der Waals surface area contributed by atoms with E-state index in [0.717, 1.165) is 12.0 Å². The van der Waals surface area contributed by atoms with Gasteiger partial charge in [0.1, 0.15) is 0 Å². The van der Waals surface area contributed by atoms with Crippen LogP contribution in [0.2, 0.25) is 0 Å². The Kier molecular flexibility index (Phi) is 5.11. The minimum Gasteiger partial charge on any atom is -0.314 e. The fourth-order valence-electron chi connectivity index (χ4n) is 3.21. The van der Waals surface area contributed by atoms with Crippen molar-refractivity contribution in [3.05, 3.63) is 0 Å². The molecule has 1 heterocycles. The summed E-state index contributed by atoms with van der Waals surface area (Å²) in [6.07, 6.45) is 10.0. The highest BCUT2D eigenvalue weighted by molar-refractivity contribution is 4.76. The van der Waals surface area contributed by atoms with Crippen molar-refractivity contribution in [2.45, 2.75) is 57.9 Å². The lowest BCUT2D eigenvalue weighted by atomic mass is 9.93. The van der Waals surface area contributed by atoms with Gasteiger partial charge in [-0.3, -0.25) is 0 Å². The molecule has 0 aromatic heterocycles. The van der Waals surface area contributed by atoms with Crippen LogP contribution in [0, 0.1) is 5.92 Å². The van der Waals surface area contributed by atoms with Gasteiger partial charge in [-0.1, -0.05) is 19.8 Å². The Balaban J connectivity index is 1.53. The molecule has 1 N–H and O–H groups in total. The van der Waals surface area contributed by atoms with Crippen LogP contribution in [0.4, 0.5) is 0 Å². The van der Waals surface area contributed by atoms with Gasteiger partial charge < -0.3 is 10.2 Å². The first-order valence-corrected chi connectivity index (χ1v) is 7.34. The van der Waals surface area contributed by atoms with Gasteiger partial charge >= 0.3 is 0 Å². The quantitative estimate of drug-likeness (QED) is 0.772. The van der Waals surface area contributed by atoms with Crippen LogP contribution >= 0.6 is 0 Å². The van der Waals surface area contributed by atoms with Crippen LogP contribution in [0.15, 0.2) is 0 Å². The van der Waals surface area contributed by atoms with Crippen LogP contribution in [0.25, 0.3) is 0 Å². The Hall–Kier alpha value is -0.0800. The summed E-state index contributed by atoms with van der Waals surface area (Å²) in [5.41, 5.74) is 0. The summed E-state index contributed by atoms with van der Waals surface area (Å²) in [5.74, 6) is 0.997. The van der Waals surface area contributed by atoms with Crippen LogP contribution in [0.1, 0.15) is 51.9 Å². The van der Waals surface area contributed by atoms with Crippen LogP contribution < -0.4 is 5.32 Å². The van der Waals surface area contributed by atoms with Crippen LogP contribution in [0.3, 0.4) is 0 Å². The van der Waals surface area contributed by atoms with Gasteiger partial charge in [-0.15, -0.1) is 0 Å². The molecule has 1 aliphatic carbocycles. The number of piperidine rings is 1. The highest BCUT2D eigenvalue weighted by Crippen LogP contribution is 2.21. The highest BCUT2D eigenvalue weighted by atomic mass is 15.1. The Labute approximate surface area is 101 Å². The zero-order valence-electron chi connectivity index (χ0n) is 10.9. The van der Waals surface area contributed by atoms with E-state index >= 15 is 0 Å². The molecule has 2 rings (SSSR count). The van der Waals surface area contributed by atoms with E-state index in [2.05, 4.69) is 17.1 Å². The SMILES string of the molecule is CCN1CCC(CCNC2CCCC2)CC1. The minimum atomic E-state index is 0.857. The average Bonchev–Trinajstić information content (AvgIpc) is 2.83. The molecule has 0 unspecified atom stereocenters. The van der Waals surface area contributed by atoms with E-state index in [9.17, 15) is 0 Å². The normalized spacial score (nSPS) is 25.3. The maximum absolute atomic E-state index is 3.74. The summed E-state index contributed by atoms with van der Waals surface area (Å²) >= 11 is 0. The van der Waals surface area contributed by atoms with Crippen molar-refractivity contribution in [1.82, 2.24) is 10.2 Å². The Morgan fingerprint density at radius 2 is 1.75 bits per heavy atom. The summed E-state index contributed by atoms with van der Waals surface area (Å²) in [6, 6.07) is 0.857. The first-order chi connectivity index (χ1) is 7.88. The van der Waals surface area contributed by atoms with E-state index < -0.39 is 0 Å². The van der Waals surface area contributed by atoms with Crippen molar-refractivity contribution in [3.63, 3.8) is 0 Å². The Morgan fingerprint density at radius 3 is 2.38 bits per heavy atom. The monoisotopic (exact) mass is 224 g/mol. The fraction of sp³-hybridized carbons (Fsp3) is 1.00. The molecular formula is C14H28N2. The molecule has 2 aliphatic rings. The smallest absolute Gasteiger partial charge is 0.00670 e. The Morgan fingerprint density at radius 1 is 1.06 bits per heavy atom. The van der Waals surface area contributed by atoms with Gasteiger partial charge in [-0.25, -0.2) is 0 Å². The van der Waals surface area contributed by atoms with Gasteiger partial charge in [0.15, 0.2) is 0 Å². The topological polar surface area (TPSA) is 15.3 Å². The van der Waals surface area contributed by atoms with E-state index in [4.69, 9.17) is 0 Å². The van der Waals surface area contributed by atoms with Gasteiger partial charge in [0, 0.05) is 6.04 Å². The van der Waals surface area contributed by atoms with Crippen molar-refractivity contribution >= 4 is 0 Å². The third-order valence-corrected chi connectivity index (χ3v) is 4.50. The number of nitrogens with zero attached hydrogens (tertiary/aromatic N) is 1. The van der Waals surface area contributed by atoms with E-state index in [1.807, 2.05) is 0 Å². The third-order valence-electron chi connectivity index (χ3n) is 4.50. The third kappa shape index (κ3) is 3.74. The molecule has 0 aromatic rings. The van der Waals surface area contributed by atoms with E-state index in [1.54, 1.807) is 0 Å². The molecule has 2 heteroatoms. The molecule has 2 fully saturated rings. The van der Waals surface area contributed by atoms with Crippen LogP contribution in [0.5, 0.6) is 0 Å². The lowest BCUT2D eigenvalue weighted by Gasteiger charge is -2.31. The zero-order chi connectivity index (χ0) is 11.2. The molecule has 0 amide bonds. The molecule has 0 bridgehead atoms. The molecule has 1 aliphatic heterocycles. The van der Waals surface area contributed by atoms with Gasteiger partial charge in [-0.2, -0.15) is 0 Å². The molecule has 16 heavy (non-hydrogen) atoms. The van der Waals surface area contributed by atoms with Gasteiger partial charge in [-0.05, 0) is 64.2 Å². The van der Waals surface area contributed by atoms with Crippen LogP contribution in [-0.4, -0.2) is 37.1 Å². The second-order valence-corrected chi connectivity index (χ2v) is 5.60. The molecule has 0 spiro atoms. The molecular weight excluding hydrogens is 196 g/mol. The van der Waals surface area contributed by atoms with Gasteiger partial charge in [0.2, 0.25) is 0 Å². The molecule has 1 saturated heterocycles. The van der Waals surface area contributed by atoms with E-state index in [0.29, 0.717) is 0 Å². The molecule has 94 valence electrons. The van der Waals surface area contributed by atoms with Crippen molar-refractivity contribution in [3.8, 4) is 0 Å². The number of likely N-dealkylation sites (tertiary alicyclic amines) is 1. The second kappa shape index (κ2) is 6.61. The number of nitrogens with one attached hydrogen (secondary N) is 1. The summed E-state index contributed by atoms with van der Waals surface area (Å²) in [5, 5.41) is 3.74. The molecule has 0 radical (unpaired) electrons. The number of rotatable bonds is 5. The molecule has 2 nitrogen and oxygen atoms in total. The van der Waals surface area contributed by atoms with Crippen molar-refractivity contribution < 1.29 is 0 Å². The lowest BCUT2D eigenvalue weighted by Crippen LogP contribution is -2.35. The standard InChI is InChI=1S/C14H28N2/c1-2-16-11-8-13(9-12-16)7-10-15-14-5-3-4-6-14/h13-15H,2-12H2,1H3. The first kappa shape index (κ1) is 12.4. The highest BCUT2D eigenvalue weighted by Gasteiger charge is 2.18. The predicted octanol–water partition coefficient (Wildman–Crippen LogP) is 2.64. The molecule has 1 saturated carbocycles. The Bertz CT molecular complexity index is 179. The van der Waals surface area contributed by atoms with Crippen molar-refractivity contribution in [1.29, 1.82) is 0 Å². The predicted molar refractivity (Wildman–Crippen MR) is 69.7 cm³/mol. The lowest BCUT2D eigenvalue weighted by molar-refractivity contribution is 0.185. The first-order valence-electron chi connectivity index (χ1n) is 7.34.